The zero-order valence-electron chi connectivity index (χ0n) is 28.3. The lowest BCUT2D eigenvalue weighted by atomic mass is 9.95. The van der Waals surface area contributed by atoms with E-state index in [1.807, 2.05) is 120 Å². The molecule has 3 aromatic heterocycles. The maximum atomic E-state index is 15.4. The maximum absolute atomic E-state index is 15.4. The van der Waals surface area contributed by atoms with Gasteiger partial charge in [-0.1, -0.05) is 60.7 Å². The number of fused-ring (bicyclic) bond motifs is 5. The molecule has 10 aromatic rings. The second kappa shape index (κ2) is 12.3. The van der Waals surface area contributed by atoms with Crippen LogP contribution in [0.5, 0.6) is 0 Å². The fraction of sp³-hybridized carbons (Fsp3) is 0. The first-order valence-electron chi connectivity index (χ1n) is 17.1. The molecule has 10 heteroatoms. The quantitative estimate of drug-likeness (QED) is 0.130. The van der Waals surface area contributed by atoms with Gasteiger partial charge in [0, 0.05) is 27.5 Å². The number of halogens is 4. The van der Waals surface area contributed by atoms with E-state index < -0.39 is 34.4 Å². The van der Waals surface area contributed by atoms with Crippen molar-refractivity contribution in [2.45, 2.75) is 0 Å². The van der Waals surface area contributed by atoms with Crippen LogP contribution in [0.3, 0.4) is 0 Å². The standard InChI is InChI=1S/C45H22F4N4O2/c46-40-31(23-50)41(47)43(49)39(42(40)48)25-14-17-34(28(20-25)24-8-2-1-3-9-24)53-35-18-15-26(44-51-32-10-4-6-12-37(32)54-44)21-29(35)30-22-27(16-19-36(30)53)45-52-33-11-5-7-13-38(33)55-45/h1-22H. The Balaban J connectivity index is 1.24. The third kappa shape index (κ3) is 5.01. The predicted octanol–water partition coefficient (Wildman–Crippen LogP) is 12.2. The van der Waals surface area contributed by atoms with Gasteiger partial charge in [0.2, 0.25) is 11.8 Å². The van der Waals surface area contributed by atoms with Crippen molar-refractivity contribution in [3.8, 4) is 56.9 Å². The summed E-state index contributed by atoms with van der Waals surface area (Å²) in [5, 5.41) is 10.8. The van der Waals surface area contributed by atoms with E-state index in [2.05, 4.69) is 0 Å². The molecule has 7 aromatic carbocycles. The van der Waals surface area contributed by atoms with Crippen LogP contribution in [0.1, 0.15) is 5.56 Å². The highest BCUT2D eigenvalue weighted by Crippen LogP contribution is 2.42. The van der Waals surface area contributed by atoms with Crippen molar-refractivity contribution in [2.75, 3.05) is 0 Å². The lowest BCUT2D eigenvalue weighted by Crippen LogP contribution is -2.04. The summed E-state index contributed by atoms with van der Waals surface area (Å²) in [7, 11) is 0. The van der Waals surface area contributed by atoms with E-state index in [0.29, 0.717) is 39.8 Å². The Bertz CT molecular complexity index is 3000. The fourth-order valence-electron chi connectivity index (χ4n) is 7.26. The van der Waals surface area contributed by atoms with Crippen molar-refractivity contribution in [1.82, 2.24) is 14.5 Å². The number of oxazole rings is 2. The highest BCUT2D eigenvalue weighted by molar-refractivity contribution is 6.12. The average Bonchev–Trinajstić information content (AvgIpc) is 3.94. The van der Waals surface area contributed by atoms with Crippen LogP contribution in [0.4, 0.5) is 17.6 Å². The third-order valence-corrected chi connectivity index (χ3v) is 9.83. The number of benzene rings is 7. The number of aromatic nitrogens is 3. The summed E-state index contributed by atoms with van der Waals surface area (Å²) in [4.78, 5) is 9.45. The molecule has 0 saturated carbocycles. The zero-order chi connectivity index (χ0) is 37.4. The molecule has 0 aliphatic heterocycles. The summed E-state index contributed by atoms with van der Waals surface area (Å²) in [5.41, 5.74) is 5.26. The van der Waals surface area contributed by atoms with Crippen molar-refractivity contribution >= 4 is 44.0 Å². The predicted molar refractivity (Wildman–Crippen MR) is 202 cm³/mol. The molecule has 3 heterocycles. The first-order chi connectivity index (χ1) is 26.9. The van der Waals surface area contributed by atoms with Crippen molar-refractivity contribution in [2.24, 2.45) is 0 Å². The van der Waals surface area contributed by atoms with Crippen LogP contribution in [-0.4, -0.2) is 14.5 Å². The molecule has 0 N–H and O–H groups in total. The molecule has 0 aliphatic carbocycles. The number of nitrogens with zero attached hydrogens (tertiary/aromatic N) is 4. The summed E-state index contributed by atoms with van der Waals surface area (Å²) < 4.78 is 74.9. The van der Waals surface area contributed by atoms with Gasteiger partial charge in [0.15, 0.2) is 34.4 Å². The SMILES string of the molecule is N#Cc1c(F)c(F)c(-c2ccc(-n3c4ccc(-c5nc6ccccc6o5)cc4c4cc(-c5nc6ccccc6o5)ccc43)c(-c3ccccc3)c2)c(F)c1F. The van der Waals surface area contributed by atoms with Gasteiger partial charge in [-0.15, -0.1) is 0 Å². The van der Waals surface area contributed by atoms with Gasteiger partial charge in [0.25, 0.3) is 0 Å². The summed E-state index contributed by atoms with van der Waals surface area (Å²) in [6.45, 7) is 0. The van der Waals surface area contributed by atoms with E-state index in [1.54, 1.807) is 6.07 Å². The Labute approximate surface area is 308 Å². The number of nitriles is 1. The molecule has 0 amide bonds. The number of hydrogen-bond donors (Lipinski definition) is 0. The monoisotopic (exact) mass is 726 g/mol. The van der Waals surface area contributed by atoms with E-state index in [0.717, 1.165) is 44.0 Å². The molecule has 55 heavy (non-hydrogen) atoms. The van der Waals surface area contributed by atoms with Gasteiger partial charge >= 0.3 is 0 Å². The first-order valence-corrected chi connectivity index (χ1v) is 17.1. The molecular weight excluding hydrogens is 705 g/mol. The molecule has 0 unspecified atom stereocenters. The minimum absolute atomic E-state index is 0.114. The molecule has 0 atom stereocenters. The molecular formula is C45H22F4N4O2. The molecule has 0 radical (unpaired) electrons. The molecule has 262 valence electrons. The van der Waals surface area contributed by atoms with Gasteiger partial charge in [-0.05, 0) is 83.9 Å². The van der Waals surface area contributed by atoms with Gasteiger partial charge < -0.3 is 13.4 Å². The van der Waals surface area contributed by atoms with Crippen LogP contribution in [0.25, 0.3) is 94.9 Å². The molecule has 10 rings (SSSR count). The first kappa shape index (κ1) is 32.2. The van der Waals surface area contributed by atoms with Crippen LogP contribution in [0.2, 0.25) is 0 Å². The van der Waals surface area contributed by atoms with Gasteiger partial charge in [0.1, 0.15) is 22.7 Å². The van der Waals surface area contributed by atoms with Crippen molar-refractivity contribution in [3.05, 3.63) is 162 Å². The fourth-order valence-corrected chi connectivity index (χ4v) is 7.26. The van der Waals surface area contributed by atoms with Crippen LogP contribution in [-0.2, 0) is 0 Å². The second-order valence-electron chi connectivity index (χ2n) is 13.0. The summed E-state index contributed by atoms with van der Waals surface area (Å²) in [6, 6.07) is 41.7. The number of para-hydroxylation sites is 4. The van der Waals surface area contributed by atoms with Crippen molar-refractivity contribution in [3.63, 3.8) is 0 Å². The number of hydrogen-bond acceptors (Lipinski definition) is 5. The maximum Gasteiger partial charge on any atom is 0.227 e. The van der Waals surface area contributed by atoms with E-state index >= 15 is 8.78 Å². The van der Waals surface area contributed by atoms with E-state index in [-0.39, 0.29) is 5.56 Å². The highest BCUT2D eigenvalue weighted by atomic mass is 19.2. The lowest BCUT2D eigenvalue weighted by Gasteiger charge is -2.17. The minimum Gasteiger partial charge on any atom is -0.436 e. The molecule has 0 spiro atoms. The van der Waals surface area contributed by atoms with Crippen molar-refractivity contribution < 1.29 is 26.4 Å². The Morgan fingerprint density at radius 2 is 1.02 bits per heavy atom. The van der Waals surface area contributed by atoms with Gasteiger partial charge in [-0.2, -0.15) is 5.26 Å². The van der Waals surface area contributed by atoms with Gasteiger partial charge in [0.05, 0.1) is 22.3 Å². The van der Waals surface area contributed by atoms with E-state index in [1.165, 1.54) is 18.2 Å². The summed E-state index contributed by atoms with van der Waals surface area (Å²) in [5.74, 6) is -5.93. The normalized spacial score (nSPS) is 11.6. The average molecular weight is 727 g/mol. The van der Waals surface area contributed by atoms with Crippen LogP contribution in [0, 0.1) is 34.6 Å². The van der Waals surface area contributed by atoms with Gasteiger partial charge in [-0.3, -0.25) is 0 Å². The zero-order valence-corrected chi connectivity index (χ0v) is 28.3. The molecule has 0 aliphatic rings. The van der Waals surface area contributed by atoms with Crippen LogP contribution in [0.15, 0.2) is 142 Å². The molecule has 0 fully saturated rings. The number of rotatable bonds is 5. The molecule has 0 bridgehead atoms. The Morgan fingerprint density at radius 1 is 0.509 bits per heavy atom. The third-order valence-electron chi connectivity index (χ3n) is 9.83. The highest BCUT2D eigenvalue weighted by Gasteiger charge is 2.28. The Hall–Kier alpha value is -7.51. The molecule has 6 nitrogen and oxygen atoms in total. The Kier molecular flexibility index (Phi) is 7.18. The summed E-state index contributed by atoms with van der Waals surface area (Å²) in [6.07, 6.45) is 0. The Morgan fingerprint density at radius 3 is 1.55 bits per heavy atom. The lowest BCUT2D eigenvalue weighted by molar-refractivity contribution is 0.454. The smallest absolute Gasteiger partial charge is 0.227 e. The van der Waals surface area contributed by atoms with E-state index in [9.17, 15) is 8.78 Å². The van der Waals surface area contributed by atoms with Crippen LogP contribution >= 0.6 is 0 Å². The second-order valence-corrected chi connectivity index (χ2v) is 13.0. The largest absolute Gasteiger partial charge is 0.436 e. The van der Waals surface area contributed by atoms with Crippen LogP contribution < -0.4 is 0 Å². The minimum atomic E-state index is -1.76. The van der Waals surface area contributed by atoms with E-state index in [4.69, 9.17) is 24.1 Å². The topological polar surface area (TPSA) is 80.8 Å². The van der Waals surface area contributed by atoms with Gasteiger partial charge in [-0.25, -0.2) is 27.5 Å². The summed E-state index contributed by atoms with van der Waals surface area (Å²) >= 11 is 0. The van der Waals surface area contributed by atoms with Crippen molar-refractivity contribution in [1.29, 1.82) is 5.26 Å². The molecule has 0 saturated heterocycles.